The number of alkyl carbamates (subject to hydrolysis) is 2. The number of amides is 4. The molecule has 13 heteroatoms. The van der Waals surface area contributed by atoms with Gasteiger partial charge in [0, 0.05) is 18.7 Å². The van der Waals surface area contributed by atoms with Gasteiger partial charge in [-0.1, -0.05) is 140 Å². The maximum Gasteiger partial charge on any atom is 0.408 e. The van der Waals surface area contributed by atoms with Gasteiger partial charge in [0.15, 0.2) is 0 Å². The Morgan fingerprint density at radius 1 is 0.625 bits per heavy atom. The van der Waals surface area contributed by atoms with Crippen molar-refractivity contribution in [1.29, 1.82) is 0 Å². The number of benzene rings is 5. The zero-order valence-electron chi connectivity index (χ0n) is 35.8. The number of hydrogen-bond donors (Lipinski definition) is 4. The third kappa shape index (κ3) is 14.6. The van der Waals surface area contributed by atoms with Crippen molar-refractivity contribution in [3.8, 4) is 0 Å². The lowest BCUT2D eigenvalue weighted by Crippen LogP contribution is -2.55. The molecule has 6 rings (SSSR count). The van der Waals surface area contributed by atoms with Crippen molar-refractivity contribution < 1.29 is 43.3 Å². The highest BCUT2D eigenvalue weighted by Crippen LogP contribution is 2.29. The van der Waals surface area contributed by atoms with Crippen LogP contribution in [-0.2, 0) is 43.6 Å². The first-order chi connectivity index (χ1) is 31.2. The zero-order valence-corrected chi connectivity index (χ0v) is 35.8. The summed E-state index contributed by atoms with van der Waals surface area (Å²) in [6.45, 7) is 0.463. The van der Waals surface area contributed by atoms with Crippen molar-refractivity contribution in [1.82, 2.24) is 20.9 Å². The van der Waals surface area contributed by atoms with Crippen LogP contribution in [0.3, 0.4) is 0 Å². The van der Waals surface area contributed by atoms with Gasteiger partial charge in [0.25, 0.3) is 5.91 Å². The van der Waals surface area contributed by atoms with Crippen LogP contribution in [0.25, 0.3) is 0 Å². The molecule has 0 bridgehead atoms. The van der Waals surface area contributed by atoms with Crippen molar-refractivity contribution in [2.24, 2.45) is 5.92 Å². The third-order valence-corrected chi connectivity index (χ3v) is 11.1. The largest absolute Gasteiger partial charge is 0.459 e. The van der Waals surface area contributed by atoms with E-state index in [1.165, 1.54) is 4.90 Å². The molecule has 0 radical (unpaired) electrons. The summed E-state index contributed by atoms with van der Waals surface area (Å²) in [6, 6.07) is 42.9. The van der Waals surface area contributed by atoms with Crippen LogP contribution in [0.1, 0.15) is 77.2 Å². The van der Waals surface area contributed by atoms with E-state index in [2.05, 4.69) is 16.0 Å². The maximum atomic E-state index is 14.9. The topological polar surface area (TPSA) is 173 Å². The molecule has 1 heterocycles. The number of esters is 1. The average Bonchev–Trinajstić information content (AvgIpc) is 3.84. The monoisotopic (exact) mass is 868 g/mol. The Kier molecular flexibility index (Phi) is 17.9. The highest BCUT2D eigenvalue weighted by molar-refractivity contribution is 5.94. The van der Waals surface area contributed by atoms with Gasteiger partial charge in [-0.15, -0.1) is 0 Å². The minimum Gasteiger partial charge on any atom is -0.459 e. The molecule has 0 spiro atoms. The number of nitrogens with one attached hydrogen (secondary N) is 3. The number of aliphatic hydroxyl groups is 1. The fraction of sp³-hybridized carbons (Fsp3) is 0.314. The molecule has 5 aromatic carbocycles. The van der Waals surface area contributed by atoms with E-state index in [1.54, 1.807) is 24.3 Å². The van der Waals surface area contributed by atoms with E-state index in [1.807, 2.05) is 127 Å². The van der Waals surface area contributed by atoms with Crippen LogP contribution in [0.15, 0.2) is 152 Å². The van der Waals surface area contributed by atoms with Crippen molar-refractivity contribution in [2.75, 3.05) is 13.1 Å². The van der Waals surface area contributed by atoms with Gasteiger partial charge in [-0.25, -0.2) is 14.4 Å². The van der Waals surface area contributed by atoms with Crippen LogP contribution in [0.4, 0.5) is 9.59 Å². The summed E-state index contributed by atoms with van der Waals surface area (Å²) in [6.07, 6.45) is -1.04. The Morgan fingerprint density at radius 3 is 1.72 bits per heavy atom. The number of aliphatic hydroxyl groups excluding tert-OH is 1. The summed E-state index contributed by atoms with van der Waals surface area (Å²) in [4.78, 5) is 69.7. The number of hydrogen-bond acceptors (Lipinski definition) is 9. The summed E-state index contributed by atoms with van der Waals surface area (Å²) < 4.78 is 16.7. The molecule has 1 saturated heterocycles. The highest BCUT2D eigenvalue weighted by Gasteiger charge is 2.42. The van der Waals surface area contributed by atoms with E-state index < -0.39 is 54.2 Å². The molecule has 0 saturated carbocycles. The molecule has 5 atom stereocenters. The summed E-state index contributed by atoms with van der Waals surface area (Å²) in [5.41, 5.74) is 3.59. The fourth-order valence-electron chi connectivity index (χ4n) is 7.81. The lowest BCUT2D eigenvalue weighted by atomic mass is 9.85. The third-order valence-electron chi connectivity index (χ3n) is 11.1. The summed E-state index contributed by atoms with van der Waals surface area (Å²) in [5.74, 6) is -2.15. The van der Waals surface area contributed by atoms with Gasteiger partial charge in [-0.3, -0.25) is 9.59 Å². The molecule has 0 aliphatic carbocycles. The molecule has 4 N–H and O–H groups in total. The standard InChI is InChI=1S/C51H56N4O9/c56-43(33-44(40-24-12-4-13-25-40)53-47(57)41-26-14-5-15-27-41)32-42(28-16-30-52-50(60)63-35-38-20-8-2-9-21-38)46(54-51(61)64-36-39-22-10-3-11-23-39)48(58)55-31-17-29-45(55)49(59)62-34-37-18-6-1-7-19-37/h1-15,18-27,42-46,56H,16-17,28-36H2,(H,52,60)(H,53,57)(H,54,61)/t42?,43?,44?,45-,46-/m0/s1. The fourth-order valence-corrected chi connectivity index (χ4v) is 7.81. The molecular weight excluding hydrogens is 813 g/mol. The number of likely N-dealkylation sites (tertiary alicyclic amines) is 1. The SMILES string of the molecule is O=C(NCCCC(CC(O)CC(NC(=O)c1ccccc1)c1ccccc1)[C@H](NC(=O)OCc1ccccc1)C(=O)N1CCC[C@H]1C(=O)OCc1ccccc1)OCc1ccccc1. The lowest BCUT2D eigenvalue weighted by molar-refractivity contribution is -0.155. The molecular formula is C51H56N4O9. The van der Waals surface area contributed by atoms with Crippen LogP contribution in [-0.4, -0.2) is 71.3 Å². The molecule has 1 aliphatic heterocycles. The molecule has 1 aliphatic rings. The quantitative estimate of drug-likeness (QED) is 0.0328. The molecule has 3 unspecified atom stereocenters. The zero-order chi connectivity index (χ0) is 44.9. The second-order valence-corrected chi connectivity index (χ2v) is 15.8. The van der Waals surface area contributed by atoms with E-state index in [4.69, 9.17) is 14.2 Å². The van der Waals surface area contributed by atoms with Crippen LogP contribution in [0.2, 0.25) is 0 Å². The lowest BCUT2D eigenvalue weighted by Gasteiger charge is -2.34. The van der Waals surface area contributed by atoms with E-state index in [-0.39, 0.29) is 58.1 Å². The van der Waals surface area contributed by atoms with Gasteiger partial charge in [0.05, 0.1) is 12.1 Å². The van der Waals surface area contributed by atoms with Crippen molar-refractivity contribution >= 4 is 30.0 Å². The van der Waals surface area contributed by atoms with Gasteiger partial charge in [0.1, 0.15) is 31.9 Å². The Hall–Kier alpha value is -6.99. The number of carbonyl (C=O) groups excluding carboxylic acids is 5. The van der Waals surface area contributed by atoms with E-state index in [9.17, 15) is 29.1 Å². The number of nitrogens with zero attached hydrogens (tertiary/aromatic N) is 1. The Balaban J connectivity index is 1.23. The predicted molar refractivity (Wildman–Crippen MR) is 240 cm³/mol. The van der Waals surface area contributed by atoms with Gasteiger partial charge in [0.2, 0.25) is 5.91 Å². The molecule has 5 aromatic rings. The Bertz CT molecular complexity index is 2220. The molecule has 0 aromatic heterocycles. The first kappa shape index (κ1) is 46.5. The van der Waals surface area contributed by atoms with Crippen LogP contribution in [0.5, 0.6) is 0 Å². The van der Waals surface area contributed by atoms with Crippen LogP contribution in [0, 0.1) is 5.92 Å². The Morgan fingerprint density at radius 2 is 1.14 bits per heavy atom. The smallest absolute Gasteiger partial charge is 0.408 e. The normalized spacial score (nSPS) is 15.1. The summed E-state index contributed by atoms with van der Waals surface area (Å²) in [5, 5.41) is 20.6. The van der Waals surface area contributed by atoms with E-state index >= 15 is 0 Å². The number of ether oxygens (including phenoxy) is 3. The second kappa shape index (κ2) is 24.6. The predicted octanol–water partition coefficient (Wildman–Crippen LogP) is 7.65. The molecule has 13 nitrogen and oxygen atoms in total. The number of carbonyl (C=O) groups is 5. The maximum absolute atomic E-state index is 14.9. The average molecular weight is 869 g/mol. The highest BCUT2D eigenvalue weighted by atomic mass is 16.6. The van der Waals surface area contributed by atoms with Crippen molar-refractivity contribution in [3.63, 3.8) is 0 Å². The minimum absolute atomic E-state index is 0.00464. The van der Waals surface area contributed by atoms with Gasteiger partial charge >= 0.3 is 18.2 Å². The first-order valence-electron chi connectivity index (χ1n) is 21.7. The molecule has 1 fully saturated rings. The van der Waals surface area contributed by atoms with Crippen LogP contribution < -0.4 is 16.0 Å². The van der Waals surface area contributed by atoms with Crippen molar-refractivity contribution in [3.05, 3.63) is 179 Å². The molecule has 4 amide bonds. The second-order valence-electron chi connectivity index (χ2n) is 15.8. The van der Waals surface area contributed by atoms with E-state index in [0.717, 1.165) is 22.3 Å². The number of rotatable bonds is 21. The van der Waals surface area contributed by atoms with Crippen LogP contribution >= 0.6 is 0 Å². The first-order valence-corrected chi connectivity index (χ1v) is 21.7. The van der Waals surface area contributed by atoms with Crippen molar-refractivity contribution in [2.45, 2.75) is 82.6 Å². The summed E-state index contributed by atoms with van der Waals surface area (Å²) >= 11 is 0. The molecule has 64 heavy (non-hydrogen) atoms. The minimum atomic E-state index is -1.26. The molecule has 334 valence electrons. The Labute approximate surface area is 374 Å². The van der Waals surface area contributed by atoms with Gasteiger partial charge in [-0.05, 0) is 78.8 Å². The van der Waals surface area contributed by atoms with Gasteiger partial charge in [-0.2, -0.15) is 0 Å². The van der Waals surface area contributed by atoms with E-state index in [0.29, 0.717) is 24.8 Å². The van der Waals surface area contributed by atoms with Gasteiger partial charge < -0.3 is 40.2 Å². The summed E-state index contributed by atoms with van der Waals surface area (Å²) in [7, 11) is 0.